The maximum absolute atomic E-state index is 14.0. The van der Waals surface area contributed by atoms with Crippen LogP contribution in [0.4, 0.5) is 33.8 Å². The summed E-state index contributed by atoms with van der Waals surface area (Å²) in [5, 5.41) is 0. The lowest BCUT2D eigenvalue weighted by Gasteiger charge is -2.38. The van der Waals surface area contributed by atoms with Crippen LogP contribution < -0.4 is 9.80 Å². The van der Waals surface area contributed by atoms with Crippen molar-refractivity contribution in [1.82, 2.24) is 19.9 Å². The van der Waals surface area contributed by atoms with Gasteiger partial charge in [-0.2, -0.15) is 28.1 Å². The first kappa shape index (κ1) is 24.4. The van der Waals surface area contributed by atoms with Crippen LogP contribution in [0.2, 0.25) is 0 Å². The van der Waals surface area contributed by atoms with Gasteiger partial charge in [0.1, 0.15) is 5.82 Å². The number of nitrogens with zero attached hydrogens (tertiary/aromatic N) is 7. The molecule has 3 aliphatic heterocycles. The monoisotopic (exact) mass is 507 g/mol. The normalized spacial score (nSPS) is 21.1. The van der Waals surface area contributed by atoms with Crippen molar-refractivity contribution in [2.45, 2.75) is 44.8 Å². The number of aliphatic imine (C=N–C) groups is 1. The van der Waals surface area contributed by atoms with E-state index in [-0.39, 0.29) is 30.5 Å². The van der Waals surface area contributed by atoms with Crippen molar-refractivity contribution >= 4 is 18.1 Å². The van der Waals surface area contributed by atoms with Gasteiger partial charge in [-0.25, -0.2) is 13.8 Å². The Kier molecular flexibility index (Phi) is 6.52. The lowest BCUT2D eigenvalue weighted by molar-refractivity contribution is -0.0963. The lowest BCUT2D eigenvalue weighted by atomic mass is 10.1. The first-order valence-electron chi connectivity index (χ1n) is 12.0. The molecule has 12 heteroatoms. The highest BCUT2D eigenvalue weighted by Crippen LogP contribution is 2.35. The molecule has 1 aromatic heterocycles. The van der Waals surface area contributed by atoms with Gasteiger partial charge in [0.25, 0.3) is 0 Å². The number of benzene rings is 1. The molecule has 1 aromatic carbocycles. The summed E-state index contributed by atoms with van der Waals surface area (Å²) in [6.45, 7) is 4.22. The number of piperazine rings is 1. The average molecular weight is 508 g/mol. The van der Waals surface area contributed by atoms with Crippen molar-refractivity contribution in [1.29, 1.82) is 0 Å². The van der Waals surface area contributed by atoms with Crippen molar-refractivity contribution in [3.8, 4) is 11.4 Å². The lowest BCUT2D eigenvalue weighted by Crippen LogP contribution is -2.47. The Balaban J connectivity index is 1.43. The molecule has 3 aliphatic rings. The molecule has 0 spiro atoms. The van der Waals surface area contributed by atoms with Gasteiger partial charge in [0, 0.05) is 50.5 Å². The molecule has 0 N–H and O–H groups in total. The third-order valence-corrected chi connectivity index (χ3v) is 6.81. The quantitative estimate of drug-likeness (QED) is 0.566. The largest absolute Gasteiger partial charge is 0.416 e. The molecular formula is C24H26F5N7. The maximum atomic E-state index is 14.0. The third kappa shape index (κ3) is 4.85. The minimum atomic E-state index is -4.42. The number of hydrogen-bond acceptors (Lipinski definition) is 7. The fraction of sp³-hybridized carbons (Fsp3) is 0.500. The van der Waals surface area contributed by atoms with Crippen LogP contribution in [0.15, 0.2) is 34.6 Å². The summed E-state index contributed by atoms with van der Waals surface area (Å²) in [5.74, 6) is -0.953. The van der Waals surface area contributed by atoms with Crippen LogP contribution in [-0.2, 0) is 0 Å². The van der Waals surface area contributed by atoms with E-state index in [1.54, 1.807) is 4.90 Å². The van der Waals surface area contributed by atoms with Gasteiger partial charge < -0.3 is 14.7 Å². The molecule has 5 rings (SSSR count). The van der Waals surface area contributed by atoms with Crippen molar-refractivity contribution in [2.24, 2.45) is 4.99 Å². The smallest absolute Gasteiger partial charge is 0.353 e. The molecule has 2 saturated heterocycles. The topological polar surface area (TPSA) is 60.8 Å². The van der Waals surface area contributed by atoms with E-state index in [2.05, 4.69) is 31.8 Å². The Morgan fingerprint density at radius 3 is 2.28 bits per heavy atom. The molecule has 0 saturated carbocycles. The van der Waals surface area contributed by atoms with Gasteiger partial charge >= 0.3 is 6.18 Å². The van der Waals surface area contributed by atoms with Crippen molar-refractivity contribution < 1.29 is 22.0 Å². The fourth-order valence-electron chi connectivity index (χ4n) is 4.83. The second kappa shape index (κ2) is 9.62. The number of alkyl halides is 3. The molecule has 36 heavy (non-hydrogen) atoms. The van der Waals surface area contributed by atoms with Gasteiger partial charge in [-0.15, -0.1) is 0 Å². The van der Waals surface area contributed by atoms with Crippen LogP contribution in [0.1, 0.15) is 32.6 Å². The van der Waals surface area contributed by atoms with Crippen LogP contribution in [-0.4, -0.2) is 71.0 Å². The molecule has 192 valence electrons. The molecule has 7 nitrogen and oxygen atoms in total. The molecule has 0 radical (unpaired) electrons. The first-order valence-corrected chi connectivity index (χ1v) is 12.0. The number of hydrogen-bond donors (Lipinski definition) is 0. The predicted molar refractivity (Wildman–Crippen MR) is 126 cm³/mol. The molecule has 0 amide bonds. The summed E-state index contributed by atoms with van der Waals surface area (Å²) in [6, 6.07) is 3.71. The maximum Gasteiger partial charge on any atom is 0.416 e. The van der Waals surface area contributed by atoms with E-state index in [1.165, 1.54) is 12.3 Å². The summed E-state index contributed by atoms with van der Waals surface area (Å²) in [4.78, 5) is 23.4. The Morgan fingerprint density at radius 2 is 1.61 bits per heavy atom. The van der Waals surface area contributed by atoms with Gasteiger partial charge in [-0.3, -0.25) is 0 Å². The summed E-state index contributed by atoms with van der Waals surface area (Å²) in [7, 11) is 0. The number of allylic oxidation sites excluding steroid dienone is 1. The van der Waals surface area contributed by atoms with Crippen LogP contribution in [0.25, 0.3) is 11.4 Å². The molecule has 2 fully saturated rings. The predicted octanol–water partition coefficient (Wildman–Crippen LogP) is 4.57. The molecule has 1 unspecified atom stereocenters. The first-order chi connectivity index (χ1) is 17.2. The SMILES string of the molecule is CC1CCCN1c1nc(-c2ccc(F)c(F)c2)nc(N2CCN(C3=C(C(F)(F)F)CCC=N3)CC2)n1. The highest BCUT2D eigenvalue weighted by Gasteiger charge is 2.39. The van der Waals surface area contributed by atoms with Crippen LogP contribution in [0.5, 0.6) is 0 Å². The highest BCUT2D eigenvalue weighted by molar-refractivity contribution is 5.62. The van der Waals surface area contributed by atoms with E-state index in [0.717, 1.165) is 31.5 Å². The Morgan fingerprint density at radius 1 is 0.889 bits per heavy atom. The minimum absolute atomic E-state index is 0.0156. The minimum Gasteiger partial charge on any atom is -0.353 e. The van der Waals surface area contributed by atoms with E-state index < -0.39 is 23.4 Å². The van der Waals surface area contributed by atoms with Crippen molar-refractivity contribution in [3.05, 3.63) is 41.2 Å². The standard InChI is InChI=1S/C24H26F5N7/c1-15-4-3-9-36(15)23-32-20(16-6-7-18(25)19(26)14-16)31-22(33-23)35-12-10-34(11-13-35)21-17(24(27,28)29)5-2-8-30-21/h6-8,14-15H,2-5,9-13H2,1H3. The number of aromatic nitrogens is 3. The van der Waals surface area contributed by atoms with Crippen LogP contribution >= 0.6 is 0 Å². The summed E-state index contributed by atoms with van der Waals surface area (Å²) in [5.41, 5.74) is -0.273. The molecule has 0 aliphatic carbocycles. The number of halogens is 5. The molecule has 0 bridgehead atoms. The van der Waals surface area contributed by atoms with E-state index in [4.69, 9.17) is 0 Å². The van der Waals surface area contributed by atoms with E-state index in [9.17, 15) is 22.0 Å². The van der Waals surface area contributed by atoms with E-state index in [1.807, 2.05) is 4.90 Å². The third-order valence-electron chi connectivity index (χ3n) is 6.81. The number of anilines is 2. The summed E-state index contributed by atoms with van der Waals surface area (Å²) in [6.07, 6.45) is -0.728. The zero-order chi connectivity index (χ0) is 25.4. The van der Waals surface area contributed by atoms with Gasteiger partial charge in [-0.1, -0.05) is 0 Å². The number of rotatable bonds is 4. The second-order valence-corrected chi connectivity index (χ2v) is 9.20. The van der Waals surface area contributed by atoms with Crippen LogP contribution in [0.3, 0.4) is 0 Å². The van der Waals surface area contributed by atoms with Crippen molar-refractivity contribution in [2.75, 3.05) is 42.5 Å². The Bertz CT molecular complexity index is 1190. The molecule has 2 aromatic rings. The molecule has 1 atom stereocenters. The Labute approximate surface area is 205 Å². The van der Waals surface area contributed by atoms with Crippen LogP contribution in [0, 0.1) is 11.6 Å². The molecular weight excluding hydrogens is 481 g/mol. The second-order valence-electron chi connectivity index (χ2n) is 9.20. The fourth-order valence-corrected chi connectivity index (χ4v) is 4.83. The van der Waals surface area contributed by atoms with Gasteiger partial charge in [0.2, 0.25) is 11.9 Å². The van der Waals surface area contributed by atoms with Crippen molar-refractivity contribution in [3.63, 3.8) is 0 Å². The summed E-state index contributed by atoms with van der Waals surface area (Å²) < 4.78 is 68.0. The van der Waals surface area contributed by atoms with Gasteiger partial charge in [-0.05, 0) is 50.8 Å². The highest BCUT2D eigenvalue weighted by atomic mass is 19.4. The molecule has 4 heterocycles. The summed E-state index contributed by atoms with van der Waals surface area (Å²) >= 11 is 0. The zero-order valence-corrected chi connectivity index (χ0v) is 19.8. The average Bonchev–Trinajstić information content (AvgIpc) is 3.31. The van der Waals surface area contributed by atoms with E-state index in [0.29, 0.717) is 43.6 Å². The van der Waals surface area contributed by atoms with Gasteiger partial charge in [0.05, 0.1) is 5.57 Å². The van der Waals surface area contributed by atoms with Gasteiger partial charge in [0.15, 0.2) is 17.5 Å². The Hall–Kier alpha value is -3.31. The van der Waals surface area contributed by atoms with E-state index >= 15 is 0 Å². The zero-order valence-electron chi connectivity index (χ0n) is 19.8.